The Labute approximate surface area is 173 Å². The Hall–Kier alpha value is -3.55. The standard InChI is InChI=1S/C22H24N2O6/c1-22(2,3)30-20(26)23-16-9-6-8-15(14-16)19(25)28-13-7-12-24-17-10-4-5-11-18(17)29-21(24)27/h4-6,8-11,14H,7,12-13H2,1-3H3,(H,23,26). The van der Waals surface area contributed by atoms with Gasteiger partial charge in [0.25, 0.3) is 0 Å². The molecule has 1 heterocycles. The minimum atomic E-state index is -0.622. The molecule has 2 aromatic carbocycles. The molecule has 0 fully saturated rings. The zero-order valence-electron chi connectivity index (χ0n) is 17.1. The molecule has 0 spiro atoms. The van der Waals surface area contributed by atoms with Gasteiger partial charge in [0.1, 0.15) is 5.60 Å². The van der Waals surface area contributed by atoms with Gasteiger partial charge < -0.3 is 13.9 Å². The summed E-state index contributed by atoms with van der Waals surface area (Å²) in [4.78, 5) is 36.1. The summed E-state index contributed by atoms with van der Waals surface area (Å²) in [7, 11) is 0. The van der Waals surface area contributed by atoms with Gasteiger partial charge in [0.05, 0.1) is 17.7 Å². The second-order valence-electron chi connectivity index (χ2n) is 7.68. The van der Waals surface area contributed by atoms with Crippen LogP contribution >= 0.6 is 0 Å². The van der Waals surface area contributed by atoms with E-state index in [1.54, 1.807) is 57.2 Å². The number of nitrogens with one attached hydrogen (secondary N) is 1. The number of carbonyl (C=O) groups excluding carboxylic acids is 2. The number of esters is 1. The summed E-state index contributed by atoms with van der Waals surface area (Å²) in [5.41, 5.74) is 1.33. The number of oxazole rings is 1. The number of aryl methyl sites for hydroxylation is 1. The second kappa shape index (κ2) is 8.86. The zero-order valence-corrected chi connectivity index (χ0v) is 17.1. The molecule has 158 valence electrons. The van der Waals surface area contributed by atoms with E-state index in [1.165, 1.54) is 10.6 Å². The Kier molecular flexibility index (Phi) is 6.25. The highest BCUT2D eigenvalue weighted by molar-refractivity contribution is 5.92. The number of nitrogens with zero attached hydrogens (tertiary/aromatic N) is 1. The molecule has 1 amide bonds. The number of hydrogen-bond acceptors (Lipinski definition) is 6. The number of para-hydroxylation sites is 2. The summed E-state index contributed by atoms with van der Waals surface area (Å²) in [5.74, 6) is -0.962. The normalized spacial score (nSPS) is 11.3. The predicted molar refractivity (Wildman–Crippen MR) is 112 cm³/mol. The molecule has 8 nitrogen and oxygen atoms in total. The molecule has 0 radical (unpaired) electrons. The van der Waals surface area contributed by atoms with Crippen molar-refractivity contribution in [2.75, 3.05) is 11.9 Å². The van der Waals surface area contributed by atoms with Crippen molar-refractivity contribution >= 4 is 28.8 Å². The van der Waals surface area contributed by atoms with Crippen molar-refractivity contribution in [3.63, 3.8) is 0 Å². The summed E-state index contributed by atoms with van der Waals surface area (Å²) >= 11 is 0. The number of carbonyl (C=O) groups is 2. The fourth-order valence-electron chi connectivity index (χ4n) is 2.84. The van der Waals surface area contributed by atoms with Crippen LogP contribution in [0.4, 0.5) is 10.5 Å². The van der Waals surface area contributed by atoms with E-state index < -0.39 is 23.4 Å². The van der Waals surface area contributed by atoms with E-state index in [1.807, 2.05) is 6.07 Å². The van der Waals surface area contributed by atoms with E-state index in [0.717, 1.165) is 0 Å². The average molecular weight is 412 g/mol. The minimum Gasteiger partial charge on any atom is -0.462 e. The van der Waals surface area contributed by atoms with Crippen LogP contribution in [-0.4, -0.2) is 28.8 Å². The van der Waals surface area contributed by atoms with Gasteiger partial charge in [-0.15, -0.1) is 0 Å². The number of benzene rings is 2. The van der Waals surface area contributed by atoms with Crippen LogP contribution in [0.15, 0.2) is 57.7 Å². The third-order valence-corrected chi connectivity index (χ3v) is 4.08. The van der Waals surface area contributed by atoms with E-state index in [-0.39, 0.29) is 6.61 Å². The van der Waals surface area contributed by atoms with Gasteiger partial charge in [-0.2, -0.15) is 0 Å². The monoisotopic (exact) mass is 412 g/mol. The molecule has 0 saturated heterocycles. The Balaban J connectivity index is 1.53. The lowest BCUT2D eigenvalue weighted by Gasteiger charge is -2.19. The molecule has 0 bridgehead atoms. The van der Waals surface area contributed by atoms with E-state index in [4.69, 9.17) is 13.9 Å². The molecule has 30 heavy (non-hydrogen) atoms. The van der Waals surface area contributed by atoms with Gasteiger partial charge in [0, 0.05) is 12.2 Å². The van der Waals surface area contributed by atoms with Gasteiger partial charge >= 0.3 is 17.8 Å². The molecule has 0 atom stereocenters. The van der Waals surface area contributed by atoms with Crippen LogP contribution in [0.2, 0.25) is 0 Å². The van der Waals surface area contributed by atoms with E-state index in [2.05, 4.69) is 5.32 Å². The number of rotatable bonds is 6. The molecule has 0 aliphatic carbocycles. The molecule has 0 aliphatic heterocycles. The molecule has 3 rings (SSSR count). The molecular formula is C22H24N2O6. The lowest BCUT2D eigenvalue weighted by atomic mass is 10.2. The molecule has 0 unspecified atom stereocenters. The van der Waals surface area contributed by atoms with Gasteiger partial charge in [-0.25, -0.2) is 14.4 Å². The van der Waals surface area contributed by atoms with Crippen molar-refractivity contribution in [2.24, 2.45) is 0 Å². The summed E-state index contributed by atoms with van der Waals surface area (Å²) in [6.45, 7) is 5.79. The number of amides is 1. The second-order valence-corrected chi connectivity index (χ2v) is 7.68. The van der Waals surface area contributed by atoms with Crippen molar-refractivity contribution in [3.05, 3.63) is 64.6 Å². The SMILES string of the molecule is CC(C)(C)OC(=O)Nc1cccc(C(=O)OCCCn2c(=O)oc3ccccc32)c1. The van der Waals surface area contributed by atoms with Crippen molar-refractivity contribution < 1.29 is 23.5 Å². The summed E-state index contributed by atoms with van der Waals surface area (Å²) < 4.78 is 17.2. The summed E-state index contributed by atoms with van der Waals surface area (Å²) in [5, 5.41) is 2.59. The van der Waals surface area contributed by atoms with Crippen LogP contribution in [0.3, 0.4) is 0 Å². The Bertz CT molecular complexity index is 1110. The fraction of sp³-hybridized carbons (Fsp3) is 0.318. The maximum atomic E-state index is 12.3. The molecular weight excluding hydrogens is 388 g/mol. The summed E-state index contributed by atoms with van der Waals surface area (Å²) in [6, 6.07) is 13.5. The van der Waals surface area contributed by atoms with Gasteiger partial charge in [-0.05, 0) is 57.5 Å². The highest BCUT2D eigenvalue weighted by atomic mass is 16.6. The van der Waals surface area contributed by atoms with Crippen molar-refractivity contribution in [1.82, 2.24) is 4.57 Å². The molecule has 8 heteroatoms. The number of anilines is 1. The third kappa shape index (κ3) is 5.50. The maximum absolute atomic E-state index is 12.3. The topological polar surface area (TPSA) is 99.8 Å². The van der Waals surface area contributed by atoms with Crippen LogP contribution < -0.4 is 11.1 Å². The minimum absolute atomic E-state index is 0.133. The average Bonchev–Trinajstić information content (AvgIpc) is 2.99. The first-order chi connectivity index (χ1) is 14.2. The number of fused-ring (bicyclic) bond motifs is 1. The van der Waals surface area contributed by atoms with Gasteiger partial charge in [-0.3, -0.25) is 9.88 Å². The van der Waals surface area contributed by atoms with Crippen LogP contribution in [0.5, 0.6) is 0 Å². The smallest absolute Gasteiger partial charge is 0.419 e. The lowest BCUT2D eigenvalue weighted by Crippen LogP contribution is -2.27. The third-order valence-electron chi connectivity index (χ3n) is 4.08. The Morgan fingerprint density at radius 3 is 2.63 bits per heavy atom. The fourth-order valence-corrected chi connectivity index (χ4v) is 2.84. The van der Waals surface area contributed by atoms with Gasteiger partial charge in [-0.1, -0.05) is 18.2 Å². The van der Waals surface area contributed by atoms with Crippen LogP contribution in [0.25, 0.3) is 11.1 Å². The lowest BCUT2D eigenvalue weighted by molar-refractivity contribution is 0.0494. The first-order valence-electron chi connectivity index (χ1n) is 9.58. The summed E-state index contributed by atoms with van der Waals surface area (Å²) in [6.07, 6.45) is -0.156. The maximum Gasteiger partial charge on any atom is 0.419 e. The highest BCUT2D eigenvalue weighted by Crippen LogP contribution is 2.15. The van der Waals surface area contributed by atoms with Gasteiger partial charge in [0.15, 0.2) is 5.58 Å². The number of aromatic nitrogens is 1. The van der Waals surface area contributed by atoms with E-state index >= 15 is 0 Å². The van der Waals surface area contributed by atoms with Crippen molar-refractivity contribution in [3.8, 4) is 0 Å². The van der Waals surface area contributed by atoms with Crippen molar-refractivity contribution in [2.45, 2.75) is 39.3 Å². The molecule has 1 aromatic heterocycles. The quantitative estimate of drug-likeness (QED) is 0.481. The molecule has 0 aliphatic rings. The molecule has 1 N–H and O–H groups in total. The molecule has 0 saturated carbocycles. The Morgan fingerprint density at radius 2 is 1.87 bits per heavy atom. The van der Waals surface area contributed by atoms with E-state index in [9.17, 15) is 14.4 Å². The van der Waals surface area contributed by atoms with Crippen LogP contribution in [-0.2, 0) is 16.0 Å². The van der Waals surface area contributed by atoms with Crippen LogP contribution in [0.1, 0.15) is 37.6 Å². The van der Waals surface area contributed by atoms with Gasteiger partial charge in [0.2, 0.25) is 0 Å². The number of ether oxygens (including phenoxy) is 2. The zero-order chi connectivity index (χ0) is 21.7. The number of hydrogen-bond donors (Lipinski definition) is 1. The van der Waals surface area contributed by atoms with Crippen LogP contribution in [0, 0.1) is 0 Å². The highest BCUT2D eigenvalue weighted by Gasteiger charge is 2.17. The first-order valence-corrected chi connectivity index (χ1v) is 9.58. The van der Waals surface area contributed by atoms with E-state index in [0.29, 0.717) is 35.3 Å². The predicted octanol–water partition coefficient (Wildman–Crippen LogP) is 4.19. The largest absolute Gasteiger partial charge is 0.462 e. The van der Waals surface area contributed by atoms with Crippen molar-refractivity contribution in [1.29, 1.82) is 0 Å². The first kappa shape index (κ1) is 21.2. The Morgan fingerprint density at radius 1 is 1.10 bits per heavy atom. The molecule has 3 aromatic rings.